The summed E-state index contributed by atoms with van der Waals surface area (Å²) < 4.78 is 33.6. The number of benzene rings is 2. The molecule has 158 valence electrons. The molecule has 1 unspecified atom stereocenters. The molecule has 2 aliphatic heterocycles. The van der Waals surface area contributed by atoms with Gasteiger partial charge in [0.25, 0.3) is 0 Å². The summed E-state index contributed by atoms with van der Waals surface area (Å²) in [6.07, 6.45) is 4.81. The second-order valence-electron chi connectivity index (χ2n) is 7.91. The highest BCUT2D eigenvalue weighted by Gasteiger charge is 2.26. The Balaban J connectivity index is 1.79. The number of allylic oxidation sites excluding steroid dienone is 1. The first kappa shape index (κ1) is 20.3. The fourth-order valence-electron chi connectivity index (χ4n) is 3.83. The lowest BCUT2D eigenvalue weighted by Gasteiger charge is -2.35. The molecule has 4 rings (SSSR count). The SMILES string of the molecule is CC1CCc2c(ccc(/C(C=N)=C/NC3CNC3)c2Oc2cc(F)cc(F)c2)N1C. The molecule has 0 radical (unpaired) electrons. The monoisotopic (exact) mass is 412 g/mol. The van der Waals surface area contributed by atoms with E-state index < -0.39 is 11.6 Å². The topological polar surface area (TPSA) is 60.4 Å². The number of rotatable bonds is 6. The fourth-order valence-corrected chi connectivity index (χ4v) is 3.83. The van der Waals surface area contributed by atoms with Crippen LogP contribution in [0, 0.1) is 17.0 Å². The predicted molar refractivity (Wildman–Crippen MR) is 116 cm³/mol. The van der Waals surface area contributed by atoms with E-state index in [2.05, 4.69) is 22.5 Å². The highest BCUT2D eigenvalue weighted by Crippen LogP contribution is 2.42. The number of fused-ring (bicyclic) bond motifs is 1. The maximum Gasteiger partial charge on any atom is 0.140 e. The van der Waals surface area contributed by atoms with Gasteiger partial charge in [-0.25, -0.2) is 8.78 Å². The molecule has 2 aromatic rings. The van der Waals surface area contributed by atoms with Crippen LogP contribution in [0.3, 0.4) is 0 Å². The molecule has 1 fully saturated rings. The summed E-state index contributed by atoms with van der Waals surface area (Å²) in [5.74, 6) is -0.739. The zero-order valence-corrected chi connectivity index (χ0v) is 17.1. The Bertz CT molecular complexity index is 967. The summed E-state index contributed by atoms with van der Waals surface area (Å²) in [6.45, 7) is 3.92. The van der Waals surface area contributed by atoms with Crippen molar-refractivity contribution in [2.45, 2.75) is 31.8 Å². The lowest BCUT2D eigenvalue weighted by molar-refractivity contribution is 0.401. The van der Waals surface area contributed by atoms with E-state index in [0.717, 1.165) is 48.8 Å². The zero-order valence-electron chi connectivity index (χ0n) is 17.1. The van der Waals surface area contributed by atoms with Crippen LogP contribution >= 0.6 is 0 Å². The first-order valence-electron chi connectivity index (χ1n) is 10.2. The lowest BCUT2D eigenvalue weighted by atomic mass is 9.92. The Morgan fingerprint density at radius 3 is 2.60 bits per heavy atom. The van der Waals surface area contributed by atoms with E-state index in [1.54, 1.807) is 0 Å². The molecule has 2 aromatic carbocycles. The number of anilines is 1. The number of halogens is 2. The number of hydrogen-bond donors (Lipinski definition) is 3. The summed E-state index contributed by atoms with van der Waals surface area (Å²) in [4.78, 5) is 2.19. The smallest absolute Gasteiger partial charge is 0.140 e. The number of nitrogens with one attached hydrogen (secondary N) is 3. The standard InChI is InChI=1S/C23H26F2N4O/c1-14-3-4-21-22(29(14)2)6-5-20(15(10-26)11-28-18-12-27-13-18)23(21)30-19-8-16(24)7-17(25)9-19/h5-11,14,18,26-28H,3-4,12-13H2,1-2H3/b15-11+,26-10?. The van der Waals surface area contributed by atoms with Crippen molar-refractivity contribution >= 4 is 17.5 Å². The van der Waals surface area contributed by atoms with Crippen molar-refractivity contribution in [3.05, 3.63) is 59.3 Å². The van der Waals surface area contributed by atoms with Gasteiger partial charge in [-0.15, -0.1) is 0 Å². The first-order valence-corrected chi connectivity index (χ1v) is 10.2. The van der Waals surface area contributed by atoms with Crippen molar-refractivity contribution in [2.75, 3.05) is 25.0 Å². The van der Waals surface area contributed by atoms with Crippen LogP contribution in [0.2, 0.25) is 0 Å². The molecule has 3 N–H and O–H groups in total. The molecule has 0 saturated carbocycles. The zero-order chi connectivity index (χ0) is 21.3. The summed E-state index contributed by atoms with van der Waals surface area (Å²) in [6, 6.07) is 7.82. The van der Waals surface area contributed by atoms with Crippen LogP contribution in [-0.4, -0.2) is 38.4 Å². The number of hydrogen-bond acceptors (Lipinski definition) is 5. The number of ether oxygens (including phenoxy) is 1. The Morgan fingerprint density at radius 1 is 1.23 bits per heavy atom. The molecule has 0 aliphatic carbocycles. The van der Waals surface area contributed by atoms with Crippen LogP contribution in [0.1, 0.15) is 24.5 Å². The van der Waals surface area contributed by atoms with Crippen LogP contribution in [0.4, 0.5) is 14.5 Å². The molecular weight excluding hydrogens is 386 g/mol. The molecule has 7 heteroatoms. The normalized spacial score (nSPS) is 19.1. The second kappa shape index (κ2) is 8.44. The minimum absolute atomic E-state index is 0.101. The van der Waals surface area contributed by atoms with E-state index in [0.29, 0.717) is 23.4 Å². The predicted octanol–water partition coefficient (Wildman–Crippen LogP) is 4.08. The van der Waals surface area contributed by atoms with Gasteiger partial charge in [-0.2, -0.15) is 0 Å². The molecule has 0 amide bonds. The number of nitrogens with zero attached hydrogens (tertiary/aromatic N) is 1. The van der Waals surface area contributed by atoms with Gasteiger partial charge in [0.2, 0.25) is 0 Å². The largest absolute Gasteiger partial charge is 0.456 e. The molecule has 0 bridgehead atoms. The van der Waals surface area contributed by atoms with Gasteiger partial charge < -0.3 is 25.7 Å². The summed E-state index contributed by atoms with van der Waals surface area (Å²) >= 11 is 0. The fraction of sp³-hybridized carbons (Fsp3) is 0.348. The molecule has 2 aliphatic rings. The quantitative estimate of drug-likeness (QED) is 0.626. The van der Waals surface area contributed by atoms with Gasteiger partial charge in [-0.05, 0) is 31.9 Å². The lowest BCUT2D eigenvalue weighted by Crippen LogP contribution is -2.53. The van der Waals surface area contributed by atoms with E-state index in [4.69, 9.17) is 10.1 Å². The molecule has 0 aromatic heterocycles. The van der Waals surface area contributed by atoms with Crippen molar-refractivity contribution in [1.29, 1.82) is 5.41 Å². The Morgan fingerprint density at radius 2 is 1.97 bits per heavy atom. The van der Waals surface area contributed by atoms with E-state index in [9.17, 15) is 8.78 Å². The van der Waals surface area contributed by atoms with E-state index >= 15 is 0 Å². The van der Waals surface area contributed by atoms with Gasteiger partial charge in [0.05, 0.1) is 6.04 Å². The van der Waals surface area contributed by atoms with Gasteiger partial charge in [0.1, 0.15) is 23.1 Å². The van der Waals surface area contributed by atoms with Gasteiger partial charge in [-0.3, -0.25) is 0 Å². The molecule has 1 saturated heterocycles. The van der Waals surface area contributed by atoms with E-state index in [1.807, 2.05) is 25.4 Å². The maximum atomic E-state index is 13.8. The van der Waals surface area contributed by atoms with E-state index in [1.165, 1.54) is 18.3 Å². The summed E-state index contributed by atoms with van der Waals surface area (Å²) in [7, 11) is 2.03. The maximum absolute atomic E-state index is 13.8. The van der Waals surface area contributed by atoms with Crippen LogP contribution in [0.25, 0.3) is 5.57 Å². The summed E-state index contributed by atoms with van der Waals surface area (Å²) in [5, 5.41) is 14.4. The third-order valence-electron chi connectivity index (χ3n) is 5.87. The van der Waals surface area contributed by atoms with Crippen LogP contribution in [0.5, 0.6) is 11.5 Å². The van der Waals surface area contributed by atoms with Crippen molar-refractivity contribution in [3.63, 3.8) is 0 Å². The van der Waals surface area contributed by atoms with Gasteiger partial charge in [-0.1, -0.05) is 0 Å². The average molecular weight is 412 g/mol. The van der Waals surface area contributed by atoms with Crippen LogP contribution in [0.15, 0.2) is 36.5 Å². The van der Waals surface area contributed by atoms with Crippen molar-refractivity contribution < 1.29 is 13.5 Å². The highest BCUT2D eigenvalue weighted by atomic mass is 19.1. The Hall–Kier alpha value is -2.93. The minimum atomic E-state index is -0.691. The van der Waals surface area contributed by atoms with Crippen molar-refractivity contribution in [1.82, 2.24) is 10.6 Å². The third-order valence-corrected chi connectivity index (χ3v) is 5.87. The highest BCUT2D eigenvalue weighted by molar-refractivity contribution is 6.09. The molecule has 0 spiro atoms. The molecule has 2 heterocycles. The van der Waals surface area contributed by atoms with Gasteiger partial charge in [0, 0.05) is 79.2 Å². The van der Waals surface area contributed by atoms with E-state index in [-0.39, 0.29) is 5.75 Å². The van der Waals surface area contributed by atoms with Crippen molar-refractivity contribution in [3.8, 4) is 11.5 Å². The Kier molecular flexibility index (Phi) is 5.72. The molecular formula is C23H26F2N4O. The molecule has 5 nitrogen and oxygen atoms in total. The van der Waals surface area contributed by atoms with Gasteiger partial charge >= 0.3 is 0 Å². The van der Waals surface area contributed by atoms with Crippen molar-refractivity contribution in [2.24, 2.45) is 0 Å². The Labute approximate surface area is 175 Å². The summed E-state index contributed by atoms with van der Waals surface area (Å²) in [5.41, 5.74) is 3.38. The third kappa shape index (κ3) is 4.03. The molecule has 1 atom stereocenters. The first-order chi connectivity index (χ1) is 14.5. The average Bonchev–Trinajstić information content (AvgIpc) is 2.66. The van der Waals surface area contributed by atoms with Crippen LogP contribution < -0.4 is 20.3 Å². The second-order valence-corrected chi connectivity index (χ2v) is 7.91. The molecule has 30 heavy (non-hydrogen) atoms. The minimum Gasteiger partial charge on any atom is -0.456 e. The van der Waals surface area contributed by atoms with Crippen LogP contribution in [-0.2, 0) is 6.42 Å². The van der Waals surface area contributed by atoms with Gasteiger partial charge in [0.15, 0.2) is 0 Å².